The fourth-order valence-electron chi connectivity index (χ4n) is 3.18. The van der Waals surface area contributed by atoms with Gasteiger partial charge in [-0.2, -0.15) is 0 Å². The first-order valence-electron chi connectivity index (χ1n) is 8.74. The SMILES string of the molecule is COc1ccc(C(Nc2cccnc2)c2cc(Cl)c3cccnc3c2O)cc1. The van der Waals surface area contributed by atoms with Gasteiger partial charge in [0.25, 0.3) is 0 Å². The molecular weight excluding hydrogens is 374 g/mol. The van der Waals surface area contributed by atoms with Gasteiger partial charge in [0, 0.05) is 29.5 Å². The second kappa shape index (κ2) is 7.74. The van der Waals surface area contributed by atoms with E-state index in [4.69, 9.17) is 16.3 Å². The Morgan fingerprint density at radius 1 is 1.07 bits per heavy atom. The number of anilines is 1. The summed E-state index contributed by atoms with van der Waals surface area (Å²) in [4.78, 5) is 8.48. The number of phenolic OH excluding ortho intramolecular Hbond substituents is 1. The van der Waals surface area contributed by atoms with Crippen LogP contribution in [-0.4, -0.2) is 22.2 Å². The zero-order chi connectivity index (χ0) is 19.5. The third-order valence-electron chi connectivity index (χ3n) is 4.58. The van der Waals surface area contributed by atoms with E-state index in [9.17, 15) is 5.11 Å². The first-order chi connectivity index (χ1) is 13.7. The predicted octanol–water partition coefficient (Wildman–Crippen LogP) is 5.20. The molecule has 0 aliphatic rings. The zero-order valence-corrected chi connectivity index (χ0v) is 15.9. The average Bonchev–Trinajstić information content (AvgIpc) is 2.76. The topological polar surface area (TPSA) is 67.3 Å². The fourth-order valence-corrected chi connectivity index (χ4v) is 3.45. The molecule has 140 valence electrons. The van der Waals surface area contributed by atoms with Gasteiger partial charge in [-0.15, -0.1) is 0 Å². The predicted molar refractivity (Wildman–Crippen MR) is 111 cm³/mol. The maximum Gasteiger partial charge on any atom is 0.147 e. The molecule has 4 aromatic rings. The molecule has 28 heavy (non-hydrogen) atoms. The summed E-state index contributed by atoms with van der Waals surface area (Å²) in [7, 11) is 1.63. The number of phenols is 1. The van der Waals surface area contributed by atoms with Crippen molar-refractivity contribution in [2.75, 3.05) is 12.4 Å². The number of benzene rings is 2. The number of aromatic nitrogens is 2. The number of hydrogen-bond acceptors (Lipinski definition) is 5. The van der Waals surface area contributed by atoms with Crippen LogP contribution in [0.3, 0.4) is 0 Å². The number of aromatic hydroxyl groups is 1. The first-order valence-corrected chi connectivity index (χ1v) is 9.12. The molecule has 2 heterocycles. The maximum atomic E-state index is 11.0. The molecule has 6 heteroatoms. The van der Waals surface area contributed by atoms with Crippen molar-refractivity contribution in [3.05, 3.63) is 89.3 Å². The molecule has 0 aliphatic heterocycles. The molecule has 0 spiro atoms. The highest BCUT2D eigenvalue weighted by atomic mass is 35.5. The Hall–Kier alpha value is -3.31. The van der Waals surface area contributed by atoms with Gasteiger partial charge in [0.15, 0.2) is 0 Å². The van der Waals surface area contributed by atoms with Crippen molar-refractivity contribution in [2.24, 2.45) is 0 Å². The van der Waals surface area contributed by atoms with Gasteiger partial charge in [0.2, 0.25) is 0 Å². The van der Waals surface area contributed by atoms with E-state index in [-0.39, 0.29) is 11.8 Å². The lowest BCUT2D eigenvalue weighted by molar-refractivity contribution is 0.414. The number of halogens is 1. The van der Waals surface area contributed by atoms with Gasteiger partial charge in [0.05, 0.1) is 23.9 Å². The van der Waals surface area contributed by atoms with E-state index in [1.807, 2.05) is 42.5 Å². The molecule has 0 bridgehead atoms. The Bertz CT molecular complexity index is 1100. The van der Waals surface area contributed by atoms with Crippen LogP contribution in [0.4, 0.5) is 5.69 Å². The van der Waals surface area contributed by atoms with Crippen LogP contribution in [0.15, 0.2) is 73.2 Å². The van der Waals surface area contributed by atoms with Crippen molar-refractivity contribution in [2.45, 2.75) is 6.04 Å². The minimum atomic E-state index is -0.362. The van der Waals surface area contributed by atoms with Gasteiger partial charge >= 0.3 is 0 Å². The van der Waals surface area contributed by atoms with Crippen molar-refractivity contribution < 1.29 is 9.84 Å². The van der Waals surface area contributed by atoms with Gasteiger partial charge in [-0.3, -0.25) is 9.97 Å². The Morgan fingerprint density at radius 3 is 2.57 bits per heavy atom. The van der Waals surface area contributed by atoms with Gasteiger partial charge in [-0.25, -0.2) is 0 Å². The van der Waals surface area contributed by atoms with E-state index in [1.165, 1.54) is 0 Å². The van der Waals surface area contributed by atoms with E-state index in [1.54, 1.807) is 37.8 Å². The molecule has 5 nitrogen and oxygen atoms in total. The summed E-state index contributed by atoms with van der Waals surface area (Å²) in [5.74, 6) is 0.850. The summed E-state index contributed by atoms with van der Waals surface area (Å²) in [6.07, 6.45) is 5.08. The van der Waals surface area contributed by atoms with Crippen LogP contribution in [0.2, 0.25) is 5.02 Å². The second-order valence-corrected chi connectivity index (χ2v) is 6.70. The zero-order valence-electron chi connectivity index (χ0n) is 15.1. The molecule has 0 amide bonds. The molecule has 2 aromatic heterocycles. The number of pyridine rings is 2. The van der Waals surface area contributed by atoms with E-state index in [0.717, 1.165) is 17.0 Å². The highest BCUT2D eigenvalue weighted by Crippen LogP contribution is 2.39. The van der Waals surface area contributed by atoms with Crippen LogP contribution in [0.5, 0.6) is 11.5 Å². The monoisotopic (exact) mass is 391 g/mol. The summed E-state index contributed by atoms with van der Waals surface area (Å²) >= 11 is 6.51. The maximum absolute atomic E-state index is 11.0. The van der Waals surface area contributed by atoms with Gasteiger partial charge < -0.3 is 15.2 Å². The van der Waals surface area contributed by atoms with Crippen molar-refractivity contribution in [3.8, 4) is 11.5 Å². The number of nitrogens with one attached hydrogen (secondary N) is 1. The standard InChI is InChI=1S/C22H18ClN3O2/c1-28-16-8-6-14(7-9-16)20(26-15-4-2-10-24-13-15)18-12-19(23)17-5-3-11-25-21(17)22(18)27/h2-13,20,26-27H,1H3. The van der Waals surface area contributed by atoms with E-state index in [0.29, 0.717) is 21.5 Å². The van der Waals surface area contributed by atoms with Gasteiger partial charge in [0.1, 0.15) is 17.0 Å². The number of hydrogen-bond donors (Lipinski definition) is 2. The fraction of sp³-hybridized carbons (Fsp3) is 0.0909. The molecule has 2 aromatic carbocycles. The third-order valence-corrected chi connectivity index (χ3v) is 4.89. The number of rotatable bonds is 5. The molecule has 1 atom stereocenters. The lowest BCUT2D eigenvalue weighted by atomic mass is 9.96. The molecule has 0 aliphatic carbocycles. The number of nitrogens with zero attached hydrogens (tertiary/aromatic N) is 2. The van der Waals surface area contributed by atoms with Crippen LogP contribution in [-0.2, 0) is 0 Å². The Balaban J connectivity index is 1.87. The molecular formula is C22H18ClN3O2. The summed E-state index contributed by atoms with van der Waals surface area (Å²) in [5, 5.41) is 15.7. The quantitative estimate of drug-likeness (QED) is 0.489. The first kappa shape index (κ1) is 18.1. The average molecular weight is 392 g/mol. The van der Waals surface area contributed by atoms with Crippen molar-refractivity contribution in [1.82, 2.24) is 9.97 Å². The van der Waals surface area contributed by atoms with E-state index < -0.39 is 0 Å². The molecule has 0 saturated heterocycles. The summed E-state index contributed by atoms with van der Waals surface area (Å²) in [6.45, 7) is 0. The molecule has 0 saturated carbocycles. The minimum absolute atomic E-state index is 0.0946. The normalized spacial score (nSPS) is 11.9. The molecule has 0 fully saturated rings. The summed E-state index contributed by atoms with van der Waals surface area (Å²) in [6, 6.07) is 16.5. The van der Waals surface area contributed by atoms with Crippen LogP contribution in [0.25, 0.3) is 10.9 Å². The summed E-state index contributed by atoms with van der Waals surface area (Å²) < 4.78 is 5.26. The Kier molecular flexibility index (Phi) is 5.00. The molecule has 4 rings (SSSR count). The van der Waals surface area contributed by atoms with E-state index in [2.05, 4.69) is 15.3 Å². The molecule has 1 unspecified atom stereocenters. The van der Waals surface area contributed by atoms with Gasteiger partial charge in [-0.05, 0) is 48.0 Å². The van der Waals surface area contributed by atoms with Crippen LogP contribution in [0, 0.1) is 0 Å². The Morgan fingerprint density at radius 2 is 1.86 bits per heavy atom. The number of ether oxygens (including phenoxy) is 1. The smallest absolute Gasteiger partial charge is 0.147 e. The van der Waals surface area contributed by atoms with Crippen LogP contribution < -0.4 is 10.1 Å². The van der Waals surface area contributed by atoms with Gasteiger partial charge in [-0.1, -0.05) is 23.7 Å². The largest absolute Gasteiger partial charge is 0.505 e. The molecule has 2 N–H and O–H groups in total. The molecule has 0 radical (unpaired) electrons. The Labute approximate surface area is 167 Å². The lowest BCUT2D eigenvalue weighted by Crippen LogP contribution is -2.13. The lowest BCUT2D eigenvalue weighted by Gasteiger charge is -2.23. The van der Waals surface area contributed by atoms with Crippen molar-refractivity contribution >= 4 is 28.2 Å². The third kappa shape index (κ3) is 3.44. The number of fused-ring (bicyclic) bond motifs is 1. The second-order valence-electron chi connectivity index (χ2n) is 6.29. The van der Waals surface area contributed by atoms with Crippen molar-refractivity contribution in [3.63, 3.8) is 0 Å². The van der Waals surface area contributed by atoms with Crippen molar-refractivity contribution in [1.29, 1.82) is 0 Å². The van der Waals surface area contributed by atoms with E-state index >= 15 is 0 Å². The number of methoxy groups -OCH3 is 1. The summed E-state index contributed by atoms with van der Waals surface area (Å²) in [5.41, 5.74) is 2.85. The van der Waals surface area contributed by atoms with Crippen LogP contribution >= 0.6 is 11.6 Å². The minimum Gasteiger partial charge on any atom is -0.505 e. The van der Waals surface area contributed by atoms with Crippen LogP contribution in [0.1, 0.15) is 17.2 Å². The highest BCUT2D eigenvalue weighted by molar-refractivity contribution is 6.35. The highest BCUT2D eigenvalue weighted by Gasteiger charge is 2.22.